The Labute approximate surface area is 147 Å². The molecule has 4 heteroatoms. The molecule has 0 aromatic heterocycles. The summed E-state index contributed by atoms with van der Waals surface area (Å²) in [5.41, 5.74) is 3.57. The predicted molar refractivity (Wildman–Crippen MR) is 100.0 cm³/mol. The van der Waals surface area contributed by atoms with E-state index in [0.29, 0.717) is 5.75 Å². The number of thioether (sulfide) groups is 1. The number of hydrogen-bond donors (Lipinski definition) is 1. The molecule has 0 heterocycles. The van der Waals surface area contributed by atoms with Gasteiger partial charge in [0.25, 0.3) is 0 Å². The summed E-state index contributed by atoms with van der Waals surface area (Å²) in [6.07, 6.45) is 0.886. The van der Waals surface area contributed by atoms with E-state index in [2.05, 4.69) is 43.4 Å². The van der Waals surface area contributed by atoms with Crippen LogP contribution in [0.25, 0.3) is 0 Å². The third-order valence-electron chi connectivity index (χ3n) is 3.64. The third-order valence-corrected chi connectivity index (χ3v) is 4.89. The molecule has 0 bridgehead atoms. The smallest absolute Gasteiger partial charge is 0.230 e. The largest absolute Gasteiger partial charge is 0.349 e. The van der Waals surface area contributed by atoms with Gasteiger partial charge in [0.2, 0.25) is 5.91 Å². The summed E-state index contributed by atoms with van der Waals surface area (Å²) < 4.78 is 0. The van der Waals surface area contributed by atoms with Gasteiger partial charge in [0.1, 0.15) is 0 Å². The van der Waals surface area contributed by atoms with E-state index < -0.39 is 0 Å². The van der Waals surface area contributed by atoms with E-state index in [0.717, 1.165) is 22.8 Å². The van der Waals surface area contributed by atoms with Gasteiger partial charge in [0.15, 0.2) is 0 Å². The monoisotopic (exact) mass is 347 g/mol. The van der Waals surface area contributed by atoms with E-state index in [9.17, 15) is 4.79 Å². The van der Waals surface area contributed by atoms with Crippen molar-refractivity contribution in [3.8, 4) is 0 Å². The maximum Gasteiger partial charge on any atom is 0.230 e. The molecule has 1 amide bonds. The molecule has 0 spiro atoms. The Morgan fingerprint density at radius 3 is 2.39 bits per heavy atom. The van der Waals surface area contributed by atoms with Gasteiger partial charge in [-0.25, -0.2) is 0 Å². The molecule has 0 saturated carbocycles. The number of aryl methyl sites for hydroxylation is 1. The molecule has 0 aliphatic heterocycles. The topological polar surface area (TPSA) is 29.1 Å². The number of halogens is 1. The van der Waals surface area contributed by atoms with Crippen LogP contribution in [0.2, 0.25) is 5.02 Å². The van der Waals surface area contributed by atoms with Gasteiger partial charge in [-0.05, 0) is 36.6 Å². The van der Waals surface area contributed by atoms with Gasteiger partial charge in [-0.2, -0.15) is 0 Å². The van der Waals surface area contributed by atoms with Crippen LogP contribution in [0.1, 0.15) is 36.1 Å². The average Bonchev–Trinajstić information content (AvgIpc) is 2.55. The third kappa shape index (κ3) is 5.92. The van der Waals surface area contributed by atoms with Crippen molar-refractivity contribution in [3.63, 3.8) is 0 Å². The van der Waals surface area contributed by atoms with Crippen LogP contribution in [0.5, 0.6) is 0 Å². The van der Waals surface area contributed by atoms with Crippen molar-refractivity contribution in [1.82, 2.24) is 5.32 Å². The standard InChI is InChI=1S/C19H22ClNOS/c1-3-18(16-8-4-14(2)5-9-16)21-19(22)13-23-12-15-6-10-17(20)11-7-15/h4-11,18H,3,12-13H2,1-2H3,(H,21,22)/t18-/m1/s1. The van der Waals surface area contributed by atoms with Crippen molar-refractivity contribution in [2.24, 2.45) is 0 Å². The summed E-state index contributed by atoms with van der Waals surface area (Å²) in [6, 6.07) is 16.2. The van der Waals surface area contributed by atoms with E-state index >= 15 is 0 Å². The summed E-state index contributed by atoms with van der Waals surface area (Å²) >= 11 is 7.48. The Bertz CT molecular complexity index is 625. The minimum atomic E-state index is 0.0800. The van der Waals surface area contributed by atoms with E-state index in [1.165, 1.54) is 11.1 Å². The van der Waals surface area contributed by atoms with Crippen LogP contribution in [0.3, 0.4) is 0 Å². The highest BCUT2D eigenvalue weighted by Gasteiger charge is 2.12. The number of hydrogen-bond acceptors (Lipinski definition) is 2. The van der Waals surface area contributed by atoms with Crippen LogP contribution in [-0.4, -0.2) is 11.7 Å². The molecule has 122 valence electrons. The van der Waals surface area contributed by atoms with E-state index in [1.54, 1.807) is 11.8 Å². The number of carbonyl (C=O) groups is 1. The van der Waals surface area contributed by atoms with Gasteiger partial charge in [-0.15, -0.1) is 11.8 Å². The molecule has 0 unspecified atom stereocenters. The lowest BCUT2D eigenvalue weighted by Crippen LogP contribution is -2.29. The molecular formula is C19H22ClNOS. The molecule has 0 radical (unpaired) electrons. The quantitative estimate of drug-likeness (QED) is 0.750. The number of rotatable bonds is 7. The first kappa shape index (κ1) is 17.9. The lowest BCUT2D eigenvalue weighted by atomic mass is 10.0. The minimum Gasteiger partial charge on any atom is -0.349 e. The first-order valence-corrected chi connectivity index (χ1v) is 9.30. The van der Waals surface area contributed by atoms with Crippen molar-refractivity contribution in [1.29, 1.82) is 0 Å². The van der Waals surface area contributed by atoms with Gasteiger partial charge >= 0.3 is 0 Å². The SMILES string of the molecule is CC[C@@H](NC(=O)CSCc1ccc(Cl)cc1)c1ccc(C)cc1. The zero-order valence-corrected chi connectivity index (χ0v) is 15.1. The fraction of sp³-hybridized carbons (Fsp3) is 0.316. The zero-order chi connectivity index (χ0) is 16.7. The summed E-state index contributed by atoms with van der Waals surface area (Å²) in [7, 11) is 0. The number of nitrogens with one attached hydrogen (secondary N) is 1. The highest BCUT2D eigenvalue weighted by molar-refractivity contribution is 7.99. The van der Waals surface area contributed by atoms with E-state index in [-0.39, 0.29) is 11.9 Å². The predicted octanol–water partition coefficient (Wildman–Crippen LogP) is 5.15. The van der Waals surface area contributed by atoms with Gasteiger partial charge in [-0.1, -0.05) is 60.5 Å². The molecule has 0 aliphatic carbocycles. The van der Waals surface area contributed by atoms with E-state index in [4.69, 9.17) is 11.6 Å². The maximum atomic E-state index is 12.1. The fourth-order valence-corrected chi connectivity index (χ4v) is 3.22. The Balaban J connectivity index is 1.80. The lowest BCUT2D eigenvalue weighted by molar-refractivity contribution is -0.119. The molecule has 0 saturated heterocycles. The first-order valence-electron chi connectivity index (χ1n) is 7.76. The van der Waals surface area contributed by atoms with Gasteiger partial charge < -0.3 is 5.32 Å². The highest BCUT2D eigenvalue weighted by Crippen LogP contribution is 2.19. The maximum absolute atomic E-state index is 12.1. The normalized spacial score (nSPS) is 12.0. The number of amides is 1. The Hall–Kier alpha value is -1.45. The summed E-state index contributed by atoms with van der Waals surface area (Å²) in [4.78, 5) is 12.1. The number of benzene rings is 2. The van der Waals surface area contributed by atoms with Crippen LogP contribution in [0, 0.1) is 6.92 Å². The van der Waals surface area contributed by atoms with Gasteiger partial charge in [0.05, 0.1) is 11.8 Å². The van der Waals surface area contributed by atoms with Crippen LogP contribution >= 0.6 is 23.4 Å². The van der Waals surface area contributed by atoms with Crippen LogP contribution < -0.4 is 5.32 Å². The van der Waals surface area contributed by atoms with Crippen molar-refractivity contribution < 1.29 is 4.79 Å². The summed E-state index contributed by atoms with van der Waals surface area (Å²) in [5.74, 6) is 1.35. The van der Waals surface area contributed by atoms with Crippen molar-refractivity contribution in [3.05, 3.63) is 70.2 Å². The molecular weight excluding hydrogens is 326 g/mol. The minimum absolute atomic E-state index is 0.0800. The van der Waals surface area contributed by atoms with Gasteiger partial charge in [-0.3, -0.25) is 4.79 Å². The fourth-order valence-electron chi connectivity index (χ4n) is 2.30. The first-order chi connectivity index (χ1) is 11.1. The molecule has 1 atom stereocenters. The molecule has 0 fully saturated rings. The second-order valence-corrected chi connectivity index (χ2v) is 6.98. The van der Waals surface area contributed by atoms with Crippen LogP contribution in [0.4, 0.5) is 0 Å². The highest BCUT2D eigenvalue weighted by atomic mass is 35.5. The molecule has 2 rings (SSSR count). The molecule has 23 heavy (non-hydrogen) atoms. The number of carbonyl (C=O) groups excluding carboxylic acids is 1. The summed E-state index contributed by atoms with van der Waals surface area (Å²) in [5, 5.41) is 3.85. The molecule has 2 nitrogen and oxygen atoms in total. The van der Waals surface area contributed by atoms with Crippen LogP contribution in [-0.2, 0) is 10.5 Å². The Morgan fingerprint density at radius 2 is 1.78 bits per heavy atom. The van der Waals surface area contributed by atoms with Crippen molar-refractivity contribution in [2.75, 3.05) is 5.75 Å². The van der Waals surface area contributed by atoms with E-state index in [1.807, 2.05) is 24.3 Å². The molecule has 2 aromatic rings. The van der Waals surface area contributed by atoms with Gasteiger partial charge in [0, 0.05) is 10.8 Å². The zero-order valence-electron chi connectivity index (χ0n) is 13.5. The Kier molecular flexibility index (Phi) is 7.00. The van der Waals surface area contributed by atoms with Crippen LogP contribution in [0.15, 0.2) is 48.5 Å². The van der Waals surface area contributed by atoms with Crippen molar-refractivity contribution >= 4 is 29.3 Å². The average molecular weight is 348 g/mol. The van der Waals surface area contributed by atoms with Crippen molar-refractivity contribution in [2.45, 2.75) is 32.1 Å². The molecule has 2 aromatic carbocycles. The second-order valence-electron chi connectivity index (χ2n) is 5.56. The molecule has 0 aliphatic rings. The molecule has 1 N–H and O–H groups in total. The summed E-state index contributed by atoms with van der Waals surface area (Å²) in [6.45, 7) is 4.16. The lowest BCUT2D eigenvalue weighted by Gasteiger charge is -2.17. The Morgan fingerprint density at radius 1 is 1.13 bits per heavy atom. The second kappa shape index (κ2) is 8.99.